The Morgan fingerprint density at radius 2 is 2.10 bits per heavy atom. The molecule has 1 N–H and O–H groups in total. The van der Waals surface area contributed by atoms with Crippen LogP contribution in [0.1, 0.15) is 23.2 Å². The minimum absolute atomic E-state index is 0.00991. The number of amides is 2. The van der Waals surface area contributed by atoms with Crippen LogP contribution in [0.2, 0.25) is 5.02 Å². The maximum Gasteiger partial charge on any atom is 0.253 e. The van der Waals surface area contributed by atoms with Gasteiger partial charge in [0.15, 0.2) is 0 Å². The highest BCUT2D eigenvalue weighted by Gasteiger charge is 2.29. The third-order valence-corrected chi connectivity index (χ3v) is 4.47. The number of nitrogens with zero attached hydrogens (tertiary/aromatic N) is 1. The number of carbonyl (C=O) groups is 2. The quantitative estimate of drug-likeness (QED) is 0.873. The van der Waals surface area contributed by atoms with Crippen molar-refractivity contribution in [3.8, 4) is 0 Å². The van der Waals surface area contributed by atoms with Gasteiger partial charge >= 0.3 is 0 Å². The zero-order valence-electron chi connectivity index (χ0n) is 12.0. The Balaban J connectivity index is 2.05. The van der Waals surface area contributed by atoms with Crippen molar-refractivity contribution >= 4 is 35.2 Å². The monoisotopic (exact) mass is 326 g/mol. The summed E-state index contributed by atoms with van der Waals surface area (Å²) in [5.41, 5.74) is 0.407. The molecule has 4 nitrogen and oxygen atoms in total. The van der Waals surface area contributed by atoms with E-state index >= 15 is 0 Å². The second kappa shape index (κ2) is 7.71. The molecule has 1 saturated heterocycles. The molecule has 2 amide bonds. The molecular formula is C15H19ClN2O2S. The molecule has 0 bridgehead atoms. The summed E-state index contributed by atoms with van der Waals surface area (Å²) in [6, 6.07) is 6.40. The van der Waals surface area contributed by atoms with Crippen LogP contribution in [0, 0.1) is 0 Å². The SMILES string of the molecule is CSCC[C@@H](NC(=O)c1ccccc1Cl)C(=O)N1CCC1. The summed E-state index contributed by atoms with van der Waals surface area (Å²) in [7, 11) is 0. The maximum atomic E-state index is 12.4. The molecule has 1 fully saturated rings. The normalized spacial score (nSPS) is 15.2. The summed E-state index contributed by atoms with van der Waals surface area (Å²) in [4.78, 5) is 26.4. The predicted molar refractivity (Wildman–Crippen MR) is 86.9 cm³/mol. The lowest BCUT2D eigenvalue weighted by molar-refractivity contribution is -0.136. The van der Waals surface area contributed by atoms with Crippen LogP contribution in [0.25, 0.3) is 0 Å². The molecule has 1 heterocycles. The molecule has 114 valence electrons. The first-order valence-electron chi connectivity index (χ1n) is 6.96. The highest BCUT2D eigenvalue weighted by atomic mass is 35.5. The van der Waals surface area contributed by atoms with E-state index < -0.39 is 6.04 Å². The zero-order chi connectivity index (χ0) is 15.2. The van der Waals surface area contributed by atoms with Gasteiger partial charge in [-0.15, -0.1) is 0 Å². The van der Waals surface area contributed by atoms with E-state index in [1.54, 1.807) is 40.9 Å². The number of carbonyl (C=O) groups excluding carboxylic acids is 2. The smallest absolute Gasteiger partial charge is 0.253 e. The van der Waals surface area contributed by atoms with Gasteiger partial charge < -0.3 is 10.2 Å². The molecule has 2 rings (SSSR count). The van der Waals surface area contributed by atoms with Crippen LogP contribution in [-0.2, 0) is 4.79 Å². The standard InChI is InChI=1S/C15H19ClN2O2S/c1-21-10-7-13(15(20)18-8-4-9-18)17-14(19)11-5-2-3-6-12(11)16/h2-3,5-6,13H,4,7-10H2,1H3,(H,17,19)/t13-/m1/s1. The van der Waals surface area contributed by atoms with E-state index in [0.29, 0.717) is 17.0 Å². The largest absolute Gasteiger partial charge is 0.341 e. The molecule has 0 aromatic heterocycles. The predicted octanol–water partition coefficient (Wildman–Crippen LogP) is 2.42. The summed E-state index contributed by atoms with van der Waals surface area (Å²) in [5.74, 6) is 0.545. The maximum absolute atomic E-state index is 12.4. The van der Waals surface area contributed by atoms with Gasteiger partial charge in [-0.05, 0) is 37.0 Å². The van der Waals surface area contributed by atoms with Gasteiger partial charge in [-0.1, -0.05) is 23.7 Å². The Bertz CT molecular complexity index is 520. The summed E-state index contributed by atoms with van der Waals surface area (Å²) < 4.78 is 0. The van der Waals surface area contributed by atoms with Crippen molar-refractivity contribution < 1.29 is 9.59 Å². The second-order valence-corrected chi connectivity index (χ2v) is 6.36. The number of hydrogen-bond donors (Lipinski definition) is 1. The van der Waals surface area contributed by atoms with Crippen LogP contribution in [0.15, 0.2) is 24.3 Å². The number of likely N-dealkylation sites (tertiary alicyclic amines) is 1. The van der Waals surface area contributed by atoms with Crippen molar-refractivity contribution in [2.45, 2.75) is 18.9 Å². The van der Waals surface area contributed by atoms with Crippen molar-refractivity contribution in [2.75, 3.05) is 25.1 Å². The second-order valence-electron chi connectivity index (χ2n) is 4.97. The van der Waals surface area contributed by atoms with Gasteiger partial charge in [0.2, 0.25) is 5.91 Å². The molecule has 0 saturated carbocycles. The van der Waals surface area contributed by atoms with E-state index in [0.717, 1.165) is 25.3 Å². The number of thioether (sulfide) groups is 1. The molecular weight excluding hydrogens is 308 g/mol. The van der Waals surface area contributed by atoms with Crippen molar-refractivity contribution in [1.82, 2.24) is 10.2 Å². The Kier molecular flexibility index (Phi) is 5.94. The van der Waals surface area contributed by atoms with Gasteiger partial charge in [0, 0.05) is 13.1 Å². The van der Waals surface area contributed by atoms with E-state index in [2.05, 4.69) is 5.32 Å². The van der Waals surface area contributed by atoms with Crippen LogP contribution < -0.4 is 5.32 Å². The van der Waals surface area contributed by atoms with Crippen molar-refractivity contribution in [3.63, 3.8) is 0 Å². The lowest BCUT2D eigenvalue weighted by Gasteiger charge is -2.34. The molecule has 0 unspecified atom stereocenters. The summed E-state index contributed by atoms with van der Waals surface area (Å²) in [6.07, 6.45) is 3.66. The first-order valence-corrected chi connectivity index (χ1v) is 8.73. The van der Waals surface area contributed by atoms with Crippen molar-refractivity contribution in [2.24, 2.45) is 0 Å². The Morgan fingerprint density at radius 3 is 2.67 bits per heavy atom. The van der Waals surface area contributed by atoms with E-state index in [-0.39, 0.29) is 11.8 Å². The number of halogens is 1. The lowest BCUT2D eigenvalue weighted by atomic mass is 10.1. The summed E-state index contributed by atoms with van der Waals surface area (Å²) >= 11 is 7.69. The van der Waals surface area contributed by atoms with Crippen LogP contribution in [0.3, 0.4) is 0 Å². The molecule has 1 aliphatic heterocycles. The van der Waals surface area contributed by atoms with Crippen molar-refractivity contribution in [3.05, 3.63) is 34.9 Å². The molecule has 1 aromatic rings. The van der Waals surface area contributed by atoms with Crippen molar-refractivity contribution in [1.29, 1.82) is 0 Å². The summed E-state index contributed by atoms with van der Waals surface area (Å²) in [5, 5.41) is 3.23. The molecule has 21 heavy (non-hydrogen) atoms. The van der Waals surface area contributed by atoms with Gasteiger partial charge in [0.25, 0.3) is 5.91 Å². The Morgan fingerprint density at radius 1 is 1.38 bits per heavy atom. The highest BCUT2D eigenvalue weighted by molar-refractivity contribution is 7.98. The fourth-order valence-corrected chi connectivity index (χ4v) is 2.82. The lowest BCUT2D eigenvalue weighted by Crippen LogP contribution is -2.53. The van der Waals surface area contributed by atoms with Crippen LogP contribution in [0.5, 0.6) is 0 Å². The van der Waals surface area contributed by atoms with E-state index in [9.17, 15) is 9.59 Å². The minimum Gasteiger partial charge on any atom is -0.341 e. The number of rotatable bonds is 6. The molecule has 0 aliphatic carbocycles. The minimum atomic E-state index is -0.471. The van der Waals surface area contributed by atoms with E-state index in [1.807, 2.05) is 6.26 Å². The fourth-order valence-electron chi connectivity index (χ4n) is 2.13. The topological polar surface area (TPSA) is 49.4 Å². The average Bonchev–Trinajstić information content (AvgIpc) is 2.41. The molecule has 6 heteroatoms. The third-order valence-electron chi connectivity index (χ3n) is 3.50. The van der Waals surface area contributed by atoms with Gasteiger partial charge in [-0.25, -0.2) is 0 Å². The number of benzene rings is 1. The van der Waals surface area contributed by atoms with Gasteiger partial charge in [0.1, 0.15) is 6.04 Å². The third kappa shape index (κ3) is 4.14. The Labute approximate surface area is 134 Å². The van der Waals surface area contributed by atoms with Crippen LogP contribution >= 0.6 is 23.4 Å². The number of nitrogens with one attached hydrogen (secondary N) is 1. The van der Waals surface area contributed by atoms with E-state index in [1.165, 1.54) is 0 Å². The first kappa shape index (κ1) is 16.2. The van der Waals surface area contributed by atoms with Crippen LogP contribution in [-0.4, -0.2) is 47.9 Å². The van der Waals surface area contributed by atoms with Gasteiger partial charge in [-0.3, -0.25) is 9.59 Å². The molecule has 0 spiro atoms. The average molecular weight is 327 g/mol. The van der Waals surface area contributed by atoms with Crippen LogP contribution in [0.4, 0.5) is 0 Å². The van der Waals surface area contributed by atoms with Gasteiger partial charge in [0.05, 0.1) is 10.6 Å². The van der Waals surface area contributed by atoms with Gasteiger partial charge in [-0.2, -0.15) is 11.8 Å². The first-order chi connectivity index (χ1) is 10.1. The number of hydrogen-bond acceptors (Lipinski definition) is 3. The molecule has 1 aromatic carbocycles. The zero-order valence-corrected chi connectivity index (χ0v) is 13.5. The fraction of sp³-hybridized carbons (Fsp3) is 0.467. The molecule has 1 atom stereocenters. The Hall–Kier alpha value is -1.20. The molecule has 1 aliphatic rings. The molecule has 0 radical (unpaired) electrons. The van der Waals surface area contributed by atoms with E-state index in [4.69, 9.17) is 11.6 Å². The summed E-state index contributed by atoms with van der Waals surface area (Å²) in [6.45, 7) is 1.58. The highest BCUT2D eigenvalue weighted by Crippen LogP contribution is 2.16.